The van der Waals surface area contributed by atoms with Crippen molar-refractivity contribution in [1.82, 2.24) is 15.8 Å². The summed E-state index contributed by atoms with van der Waals surface area (Å²) in [4.78, 5) is 4.91. The summed E-state index contributed by atoms with van der Waals surface area (Å²) in [5, 5.41) is 6.68. The van der Waals surface area contributed by atoms with E-state index in [1.54, 1.807) is 0 Å². The van der Waals surface area contributed by atoms with Gasteiger partial charge in [-0.3, -0.25) is 0 Å². The van der Waals surface area contributed by atoms with Crippen LogP contribution in [0.5, 0.6) is 0 Å². The molecule has 1 heterocycles. The van der Waals surface area contributed by atoms with Crippen LogP contribution in [0.2, 0.25) is 0 Å². The molecule has 5 nitrogen and oxygen atoms in total. The van der Waals surface area contributed by atoms with Gasteiger partial charge in [-0.05, 0) is 44.5 Å². The minimum atomic E-state index is 0.857. The number of nitrogens with zero attached hydrogens (tertiary/aromatic N) is 3. The number of aryl methyl sites for hydroxylation is 1. The van der Waals surface area contributed by atoms with Crippen molar-refractivity contribution in [1.29, 1.82) is 0 Å². The Balaban J connectivity index is 2.42. The summed E-state index contributed by atoms with van der Waals surface area (Å²) in [6.45, 7) is 8.18. The Morgan fingerprint density at radius 1 is 0.880 bits per heavy atom. The first-order chi connectivity index (χ1) is 12.1. The van der Waals surface area contributed by atoms with Crippen LogP contribution in [0.4, 0.5) is 11.4 Å². The van der Waals surface area contributed by atoms with Crippen molar-refractivity contribution in [2.75, 3.05) is 37.2 Å². The number of anilines is 2. The van der Waals surface area contributed by atoms with Gasteiger partial charge in [0.15, 0.2) is 0 Å². The van der Waals surface area contributed by atoms with Crippen LogP contribution < -0.4 is 20.9 Å². The van der Waals surface area contributed by atoms with Crippen LogP contribution >= 0.6 is 0 Å². The molecule has 0 radical (unpaired) electrons. The van der Waals surface area contributed by atoms with Gasteiger partial charge in [0.2, 0.25) is 0 Å². The molecule has 0 aliphatic rings. The van der Waals surface area contributed by atoms with Gasteiger partial charge >= 0.3 is 0 Å². The normalized spacial score (nSPS) is 11.2. The summed E-state index contributed by atoms with van der Waals surface area (Å²) in [6.07, 6.45) is 0. The van der Waals surface area contributed by atoms with Crippen molar-refractivity contribution in [3.8, 4) is 0 Å². The lowest BCUT2D eigenvalue weighted by Gasteiger charge is -2.32. The molecule has 1 aromatic heterocycles. The molecule has 2 N–H and O–H groups in total. The quantitative estimate of drug-likeness (QED) is 0.531. The van der Waals surface area contributed by atoms with Crippen molar-refractivity contribution in [2.45, 2.75) is 20.8 Å². The average molecular weight is 337 g/mol. The molecule has 0 aliphatic carbocycles. The molecule has 2 aromatic carbocycles. The lowest BCUT2D eigenvalue weighted by atomic mass is 10.0. The molecule has 0 amide bonds. The maximum absolute atomic E-state index is 4.91. The van der Waals surface area contributed by atoms with Gasteiger partial charge in [-0.2, -0.15) is 0 Å². The Bertz CT molecular complexity index is 882. The number of rotatable bonds is 6. The lowest BCUT2D eigenvalue weighted by Crippen LogP contribution is -2.40. The lowest BCUT2D eigenvalue weighted by molar-refractivity contribution is 0.700. The third-order valence-corrected chi connectivity index (χ3v) is 4.67. The summed E-state index contributed by atoms with van der Waals surface area (Å²) in [5.41, 5.74) is 12.2. The average Bonchev–Trinajstić information content (AvgIpc) is 2.63. The molecule has 3 aromatic rings. The Labute approximate surface area is 149 Å². The zero-order valence-electron chi connectivity index (χ0n) is 15.7. The van der Waals surface area contributed by atoms with Gasteiger partial charge in [-0.15, -0.1) is 0 Å². The number of para-hydroxylation sites is 1. The van der Waals surface area contributed by atoms with E-state index in [0.717, 1.165) is 40.6 Å². The monoisotopic (exact) mass is 337 g/mol. The number of hydrazine groups is 2. The summed E-state index contributed by atoms with van der Waals surface area (Å²) in [5.74, 6) is 0. The number of nitrogens with one attached hydrogen (secondary N) is 2. The third kappa shape index (κ3) is 3.01. The summed E-state index contributed by atoms with van der Waals surface area (Å²) in [6, 6.07) is 12.7. The van der Waals surface area contributed by atoms with E-state index in [4.69, 9.17) is 4.98 Å². The van der Waals surface area contributed by atoms with Crippen molar-refractivity contribution >= 4 is 33.2 Å². The number of hydrogen-bond donors (Lipinski definition) is 2. The smallest absolute Gasteiger partial charge is 0.0863 e. The van der Waals surface area contributed by atoms with Crippen molar-refractivity contribution in [3.63, 3.8) is 0 Å². The molecule has 0 saturated heterocycles. The molecular formula is C20H27N5. The van der Waals surface area contributed by atoms with Gasteiger partial charge in [-0.25, -0.2) is 15.8 Å². The van der Waals surface area contributed by atoms with Crippen LogP contribution in [0.1, 0.15) is 19.4 Å². The van der Waals surface area contributed by atoms with Crippen molar-refractivity contribution in [2.24, 2.45) is 0 Å². The number of aromatic nitrogens is 1. The molecule has 0 fully saturated rings. The van der Waals surface area contributed by atoms with E-state index in [9.17, 15) is 0 Å². The number of benzene rings is 2. The maximum atomic E-state index is 4.91. The molecule has 132 valence electrons. The fraction of sp³-hybridized carbons (Fsp3) is 0.350. The molecule has 25 heavy (non-hydrogen) atoms. The van der Waals surface area contributed by atoms with Crippen LogP contribution in [0.25, 0.3) is 21.8 Å². The minimum absolute atomic E-state index is 0.857. The number of pyridine rings is 1. The Kier molecular flexibility index (Phi) is 5.06. The highest BCUT2D eigenvalue weighted by Crippen LogP contribution is 2.39. The van der Waals surface area contributed by atoms with Gasteiger partial charge in [0.25, 0.3) is 0 Å². The largest absolute Gasteiger partial charge is 0.307 e. The summed E-state index contributed by atoms with van der Waals surface area (Å²) in [7, 11) is 3.93. The van der Waals surface area contributed by atoms with Crippen LogP contribution in [-0.2, 0) is 0 Å². The summed E-state index contributed by atoms with van der Waals surface area (Å²) < 4.78 is 0. The molecule has 0 bridgehead atoms. The van der Waals surface area contributed by atoms with Crippen LogP contribution in [0, 0.1) is 6.92 Å². The third-order valence-electron chi connectivity index (χ3n) is 4.67. The van der Waals surface area contributed by atoms with Gasteiger partial charge in [0.05, 0.1) is 22.4 Å². The Morgan fingerprint density at radius 3 is 2.16 bits per heavy atom. The first-order valence-corrected chi connectivity index (χ1v) is 8.87. The van der Waals surface area contributed by atoms with Gasteiger partial charge in [0, 0.05) is 38.0 Å². The minimum Gasteiger partial charge on any atom is -0.307 e. The highest BCUT2D eigenvalue weighted by molar-refractivity contribution is 6.05. The second kappa shape index (κ2) is 7.25. The number of fused-ring (bicyclic) bond motifs is 2. The Morgan fingerprint density at radius 2 is 1.52 bits per heavy atom. The zero-order chi connectivity index (χ0) is 18.0. The van der Waals surface area contributed by atoms with E-state index in [0.29, 0.717) is 0 Å². The van der Waals surface area contributed by atoms with Crippen LogP contribution in [0.15, 0.2) is 36.4 Å². The topological polar surface area (TPSA) is 43.4 Å². The maximum Gasteiger partial charge on any atom is 0.0863 e. The second-order valence-electron chi connectivity index (χ2n) is 6.07. The molecule has 0 atom stereocenters. The van der Waals surface area contributed by atoms with Gasteiger partial charge < -0.3 is 10.0 Å². The molecule has 3 rings (SSSR count). The predicted molar refractivity (Wildman–Crippen MR) is 108 cm³/mol. The van der Waals surface area contributed by atoms with Crippen LogP contribution in [-0.4, -0.2) is 32.2 Å². The van der Waals surface area contributed by atoms with Gasteiger partial charge in [0.1, 0.15) is 0 Å². The highest BCUT2D eigenvalue weighted by Gasteiger charge is 2.20. The number of hydrogen-bond acceptors (Lipinski definition) is 5. The van der Waals surface area contributed by atoms with E-state index in [1.165, 1.54) is 11.3 Å². The fourth-order valence-electron chi connectivity index (χ4n) is 3.49. The first kappa shape index (κ1) is 17.5. The SMILES string of the molecule is CCN(NC)c1c(C)cc2nc3ccccc3cc2c1N(CC)NC. The molecule has 0 aliphatic heterocycles. The zero-order valence-corrected chi connectivity index (χ0v) is 15.7. The van der Waals surface area contributed by atoms with E-state index in [2.05, 4.69) is 72.0 Å². The molecule has 0 spiro atoms. The van der Waals surface area contributed by atoms with Crippen molar-refractivity contribution < 1.29 is 0 Å². The first-order valence-electron chi connectivity index (χ1n) is 8.87. The van der Waals surface area contributed by atoms with E-state index in [1.807, 2.05) is 20.2 Å². The van der Waals surface area contributed by atoms with Crippen LogP contribution in [0.3, 0.4) is 0 Å². The molecular weight excluding hydrogens is 310 g/mol. The van der Waals surface area contributed by atoms with Crippen molar-refractivity contribution in [3.05, 3.63) is 42.0 Å². The van der Waals surface area contributed by atoms with E-state index < -0.39 is 0 Å². The highest BCUT2D eigenvalue weighted by atomic mass is 15.5. The molecule has 0 saturated carbocycles. The predicted octanol–water partition coefficient (Wildman–Crippen LogP) is 3.62. The second-order valence-corrected chi connectivity index (χ2v) is 6.07. The van der Waals surface area contributed by atoms with Gasteiger partial charge in [-0.1, -0.05) is 18.2 Å². The molecule has 0 unspecified atom stereocenters. The molecule has 5 heteroatoms. The van der Waals surface area contributed by atoms with E-state index in [-0.39, 0.29) is 0 Å². The fourth-order valence-corrected chi connectivity index (χ4v) is 3.49. The van der Waals surface area contributed by atoms with E-state index >= 15 is 0 Å². The standard InChI is InChI=1S/C20H27N5/c1-6-24(21-4)19-14(3)12-18-16(20(19)25(7-2)22-5)13-15-10-8-9-11-17(15)23-18/h8-13,21-22H,6-7H2,1-5H3. The Hall–Kier alpha value is -2.37. The summed E-state index contributed by atoms with van der Waals surface area (Å²) >= 11 is 0.